The molecule has 0 unspecified atom stereocenters. The fourth-order valence-corrected chi connectivity index (χ4v) is 3.45. The largest absolute Gasteiger partial charge is 0.376 e. The summed E-state index contributed by atoms with van der Waals surface area (Å²) in [4.78, 5) is 26.5. The number of ether oxygens (including phenoxy) is 1. The van der Waals surface area contributed by atoms with Crippen LogP contribution in [-0.4, -0.2) is 48.7 Å². The summed E-state index contributed by atoms with van der Waals surface area (Å²) in [5, 5.41) is 5.61. The molecule has 25 heavy (non-hydrogen) atoms. The molecule has 1 aromatic rings. The van der Waals surface area contributed by atoms with Crippen LogP contribution in [0.5, 0.6) is 0 Å². The summed E-state index contributed by atoms with van der Waals surface area (Å²) in [6.45, 7) is 4.23. The SMILES string of the molecule is C[C@@H]1CCCCN1C(=O)c1ccc(NC(=O)NC[C@H]2CCCO2)cc1. The fourth-order valence-electron chi connectivity index (χ4n) is 3.45. The van der Waals surface area contributed by atoms with Crippen LogP contribution in [0.2, 0.25) is 0 Å². The highest BCUT2D eigenvalue weighted by atomic mass is 16.5. The Morgan fingerprint density at radius 3 is 2.64 bits per heavy atom. The molecule has 0 radical (unpaired) electrons. The number of nitrogens with one attached hydrogen (secondary N) is 2. The van der Waals surface area contributed by atoms with E-state index in [0.717, 1.165) is 38.8 Å². The highest BCUT2D eigenvalue weighted by Gasteiger charge is 2.24. The molecule has 2 N–H and O–H groups in total. The van der Waals surface area contributed by atoms with Crippen molar-refractivity contribution in [3.05, 3.63) is 29.8 Å². The van der Waals surface area contributed by atoms with Crippen LogP contribution >= 0.6 is 0 Å². The van der Waals surface area contributed by atoms with Gasteiger partial charge in [0.2, 0.25) is 0 Å². The summed E-state index contributed by atoms with van der Waals surface area (Å²) in [6.07, 6.45) is 5.49. The molecule has 0 bridgehead atoms. The van der Waals surface area contributed by atoms with Crippen molar-refractivity contribution < 1.29 is 14.3 Å². The van der Waals surface area contributed by atoms with Gasteiger partial charge in [0.1, 0.15) is 0 Å². The lowest BCUT2D eigenvalue weighted by Gasteiger charge is -2.33. The van der Waals surface area contributed by atoms with E-state index in [0.29, 0.717) is 23.8 Å². The molecular weight excluding hydrogens is 318 g/mol. The van der Waals surface area contributed by atoms with Crippen LogP contribution in [0.25, 0.3) is 0 Å². The number of benzene rings is 1. The van der Waals surface area contributed by atoms with Crippen LogP contribution < -0.4 is 10.6 Å². The van der Waals surface area contributed by atoms with E-state index in [9.17, 15) is 9.59 Å². The fraction of sp³-hybridized carbons (Fsp3) is 0.579. The Morgan fingerprint density at radius 2 is 1.96 bits per heavy atom. The minimum Gasteiger partial charge on any atom is -0.376 e. The molecule has 6 heteroatoms. The van der Waals surface area contributed by atoms with E-state index in [-0.39, 0.29) is 18.0 Å². The van der Waals surface area contributed by atoms with Gasteiger partial charge in [-0.2, -0.15) is 0 Å². The second kappa shape index (κ2) is 8.34. The molecule has 0 aliphatic carbocycles. The first-order chi connectivity index (χ1) is 12.1. The number of urea groups is 1. The smallest absolute Gasteiger partial charge is 0.319 e. The third-order valence-electron chi connectivity index (χ3n) is 4.97. The number of carbonyl (C=O) groups is 2. The van der Waals surface area contributed by atoms with Crippen molar-refractivity contribution >= 4 is 17.6 Å². The van der Waals surface area contributed by atoms with E-state index in [1.54, 1.807) is 24.3 Å². The minimum absolute atomic E-state index is 0.0709. The van der Waals surface area contributed by atoms with E-state index < -0.39 is 0 Å². The van der Waals surface area contributed by atoms with Crippen LogP contribution in [0.1, 0.15) is 49.4 Å². The first kappa shape index (κ1) is 17.7. The first-order valence-corrected chi connectivity index (χ1v) is 9.21. The molecule has 2 aliphatic heterocycles. The van der Waals surface area contributed by atoms with E-state index in [2.05, 4.69) is 17.6 Å². The molecule has 2 aliphatic rings. The third kappa shape index (κ3) is 4.72. The van der Waals surface area contributed by atoms with Gasteiger partial charge in [-0.25, -0.2) is 4.79 Å². The van der Waals surface area contributed by atoms with Gasteiger partial charge in [-0.05, 0) is 63.3 Å². The molecule has 1 aromatic carbocycles. The molecule has 136 valence electrons. The summed E-state index contributed by atoms with van der Waals surface area (Å²) in [5.41, 5.74) is 1.34. The van der Waals surface area contributed by atoms with E-state index in [4.69, 9.17) is 4.74 Å². The molecule has 0 spiro atoms. The Kier molecular flexibility index (Phi) is 5.91. The number of hydrogen-bond donors (Lipinski definition) is 2. The number of piperidine rings is 1. The third-order valence-corrected chi connectivity index (χ3v) is 4.97. The van der Waals surface area contributed by atoms with Crippen molar-refractivity contribution in [1.29, 1.82) is 0 Å². The lowest BCUT2D eigenvalue weighted by molar-refractivity contribution is 0.0635. The summed E-state index contributed by atoms with van der Waals surface area (Å²) >= 11 is 0. The topological polar surface area (TPSA) is 70.7 Å². The van der Waals surface area contributed by atoms with Gasteiger partial charge in [0.05, 0.1) is 6.10 Å². The normalized spacial score (nSPS) is 23.3. The van der Waals surface area contributed by atoms with Gasteiger partial charge < -0.3 is 20.3 Å². The summed E-state index contributed by atoms with van der Waals surface area (Å²) in [6, 6.07) is 7.14. The predicted molar refractivity (Wildman–Crippen MR) is 96.8 cm³/mol. The van der Waals surface area contributed by atoms with Gasteiger partial charge in [-0.1, -0.05) is 0 Å². The molecule has 2 heterocycles. The molecule has 3 rings (SSSR count). The zero-order chi connectivity index (χ0) is 17.6. The maximum atomic E-state index is 12.6. The number of rotatable bonds is 4. The molecule has 3 amide bonds. The van der Waals surface area contributed by atoms with Crippen molar-refractivity contribution in [1.82, 2.24) is 10.2 Å². The van der Waals surface area contributed by atoms with Gasteiger partial charge in [0.15, 0.2) is 0 Å². The molecule has 2 atom stereocenters. The molecule has 0 aromatic heterocycles. The van der Waals surface area contributed by atoms with E-state index >= 15 is 0 Å². The van der Waals surface area contributed by atoms with Gasteiger partial charge in [0, 0.05) is 37.0 Å². The van der Waals surface area contributed by atoms with Crippen molar-refractivity contribution in [2.75, 3.05) is 25.0 Å². The predicted octanol–water partition coefficient (Wildman–Crippen LogP) is 3.00. The summed E-state index contributed by atoms with van der Waals surface area (Å²) < 4.78 is 5.48. The number of carbonyl (C=O) groups excluding carboxylic acids is 2. The van der Waals surface area contributed by atoms with E-state index in [1.807, 2.05) is 4.90 Å². The lowest BCUT2D eigenvalue weighted by Crippen LogP contribution is -2.42. The zero-order valence-corrected chi connectivity index (χ0v) is 14.8. The number of nitrogens with zero attached hydrogens (tertiary/aromatic N) is 1. The van der Waals surface area contributed by atoms with Crippen LogP contribution in [0.4, 0.5) is 10.5 Å². The Hall–Kier alpha value is -2.08. The second-order valence-electron chi connectivity index (χ2n) is 6.89. The quantitative estimate of drug-likeness (QED) is 0.881. The number of likely N-dealkylation sites (tertiary alicyclic amines) is 1. The van der Waals surface area contributed by atoms with Gasteiger partial charge in [-0.15, -0.1) is 0 Å². The number of anilines is 1. The van der Waals surface area contributed by atoms with Crippen LogP contribution in [0, 0.1) is 0 Å². The molecular formula is C19H27N3O3. The summed E-state index contributed by atoms with van der Waals surface area (Å²) in [7, 11) is 0. The maximum Gasteiger partial charge on any atom is 0.319 e. The van der Waals surface area contributed by atoms with Crippen LogP contribution in [0.15, 0.2) is 24.3 Å². The number of hydrogen-bond acceptors (Lipinski definition) is 3. The monoisotopic (exact) mass is 345 g/mol. The first-order valence-electron chi connectivity index (χ1n) is 9.21. The van der Waals surface area contributed by atoms with Crippen molar-refractivity contribution in [3.8, 4) is 0 Å². The maximum absolute atomic E-state index is 12.6. The van der Waals surface area contributed by atoms with Crippen molar-refractivity contribution in [3.63, 3.8) is 0 Å². The Labute approximate surface area is 148 Å². The molecule has 6 nitrogen and oxygen atoms in total. The zero-order valence-electron chi connectivity index (χ0n) is 14.8. The Bertz CT molecular complexity index is 596. The lowest BCUT2D eigenvalue weighted by atomic mass is 10.0. The molecule has 0 saturated carbocycles. The minimum atomic E-state index is -0.251. The van der Waals surface area contributed by atoms with Crippen LogP contribution in [0.3, 0.4) is 0 Å². The second-order valence-corrected chi connectivity index (χ2v) is 6.89. The standard InChI is InChI=1S/C19H27N3O3/c1-14-5-2-3-11-22(14)18(23)15-7-9-16(10-8-15)21-19(24)20-13-17-6-4-12-25-17/h7-10,14,17H,2-6,11-13H2,1H3,(H2,20,21,24)/t14-,17-/m1/s1. The average Bonchev–Trinajstić information content (AvgIpc) is 3.14. The average molecular weight is 345 g/mol. The highest BCUT2D eigenvalue weighted by molar-refractivity contribution is 5.95. The summed E-state index contributed by atoms with van der Waals surface area (Å²) in [5.74, 6) is 0.0709. The highest BCUT2D eigenvalue weighted by Crippen LogP contribution is 2.20. The van der Waals surface area contributed by atoms with Crippen LogP contribution in [-0.2, 0) is 4.74 Å². The van der Waals surface area contributed by atoms with Crippen molar-refractivity contribution in [2.24, 2.45) is 0 Å². The van der Waals surface area contributed by atoms with Crippen molar-refractivity contribution in [2.45, 2.75) is 51.2 Å². The van der Waals surface area contributed by atoms with E-state index in [1.165, 1.54) is 6.42 Å². The van der Waals surface area contributed by atoms with Gasteiger partial charge >= 0.3 is 6.03 Å². The number of amides is 3. The van der Waals surface area contributed by atoms with Gasteiger partial charge in [-0.3, -0.25) is 4.79 Å². The Balaban J connectivity index is 1.51. The molecule has 2 saturated heterocycles. The molecule has 2 fully saturated rings. The Morgan fingerprint density at radius 1 is 1.16 bits per heavy atom. The van der Waals surface area contributed by atoms with Gasteiger partial charge in [0.25, 0.3) is 5.91 Å².